The summed E-state index contributed by atoms with van der Waals surface area (Å²) in [5, 5.41) is 18.6. The Hall–Kier alpha value is -5.10. The number of ether oxygens (including phenoxy) is 3. The largest absolute Gasteiger partial charge is 0.478 e. The first-order chi connectivity index (χ1) is 21.8. The summed E-state index contributed by atoms with van der Waals surface area (Å²) >= 11 is 0. The van der Waals surface area contributed by atoms with Gasteiger partial charge in [0.2, 0.25) is 12.2 Å². The van der Waals surface area contributed by atoms with Gasteiger partial charge in [0, 0.05) is 6.54 Å². The number of piperidine rings is 1. The van der Waals surface area contributed by atoms with Gasteiger partial charge < -0.3 is 29.3 Å². The molecule has 1 saturated heterocycles. The number of carboxylic acids is 2. The number of benzene rings is 3. The molecule has 0 amide bonds. The fraction of sp³-hybridized carbons (Fsp3) is 0.324. The van der Waals surface area contributed by atoms with Gasteiger partial charge in [-0.2, -0.15) is 0 Å². The minimum absolute atomic E-state index is 0.0332. The van der Waals surface area contributed by atoms with Crippen molar-refractivity contribution in [2.75, 3.05) is 27.2 Å². The molecule has 4 atom stereocenters. The molecule has 46 heavy (non-hydrogen) atoms. The highest BCUT2D eigenvalue weighted by Gasteiger charge is 2.41. The van der Waals surface area contributed by atoms with Gasteiger partial charge in [-0.05, 0) is 81.7 Å². The van der Waals surface area contributed by atoms with E-state index < -0.39 is 36.1 Å². The summed E-state index contributed by atoms with van der Waals surface area (Å²) in [5.74, 6) is -6.10. The van der Waals surface area contributed by atoms with Crippen molar-refractivity contribution in [1.82, 2.24) is 4.90 Å². The van der Waals surface area contributed by atoms with Crippen LogP contribution >= 0.6 is 0 Å². The second-order valence-corrected chi connectivity index (χ2v) is 10.9. The van der Waals surface area contributed by atoms with Crippen molar-refractivity contribution in [2.45, 2.75) is 38.4 Å². The summed E-state index contributed by atoms with van der Waals surface area (Å²) in [6, 6.07) is 18.5. The number of nitrogens with zero attached hydrogens (tertiary/aromatic N) is 1. The van der Waals surface area contributed by atoms with Gasteiger partial charge in [0.15, 0.2) is 0 Å². The molecule has 0 saturated carbocycles. The van der Waals surface area contributed by atoms with Crippen molar-refractivity contribution < 1.29 is 52.8 Å². The second-order valence-electron chi connectivity index (χ2n) is 10.9. The molecule has 1 fully saturated rings. The molecular weight excluding hydrogens is 601 g/mol. The zero-order valence-electron chi connectivity index (χ0n) is 25.8. The average Bonchev–Trinajstić information content (AvgIpc) is 3.03. The number of hydrogen-bond donors (Lipinski definition) is 2. The fourth-order valence-electron chi connectivity index (χ4n) is 4.84. The monoisotopic (exact) mass is 637 g/mol. The van der Waals surface area contributed by atoms with Crippen LogP contribution in [-0.4, -0.2) is 84.4 Å². The maximum Gasteiger partial charge on any atom is 0.349 e. The Morgan fingerprint density at radius 1 is 0.761 bits per heavy atom. The number of esters is 3. The van der Waals surface area contributed by atoms with E-state index in [0.29, 0.717) is 6.54 Å². The van der Waals surface area contributed by atoms with E-state index in [1.165, 1.54) is 43.5 Å². The van der Waals surface area contributed by atoms with Crippen molar-refractivity contribution in [3.8, 4) is 0 Å². The predicted octanol–water partition coefficient (Wildman–Crippen LogP) is 4.26. The van der Waals surface area contributed by atoms with Gasteiger partial charge in [-0.3, -0.25) is 4.79 Å². The third-order valence-electron chi connectivity index (χ3n) is 7.42. The minimum atomic E-state index is -2.22. The van der Waals surface area contributed by atoms with E-state index in [-0.39, 0.29) is 34.7 Å². The van der Waals surface area contributed by atoms with Crippen LogP contribution < -0.4 is 0 Å². The zero-order chi connectivity index (χ0) is 34.0. The van der Waals surface area contributed by atoms with Gasteiger partial charge in [0.25, 0.3) is 0 Å². The highest BCUT2D eigenvalue weighted by molar-refractivity contribution is 5.95. The number of halogens is 1. The van der Waals surface area contributed by atoms with Gasteiger partial charge in [-0.15, -0.1) is 0 Å². The van der Waals surface area contributed by atoms with E-state index in [9.17, 15) is 38.6 Å². The predicted molar refractivity (Wildman–Crippen MR) is 163 cm³/mol. The van der Waals surface area contributed by atoms with Crippen molar-refractivity contribution in [3.05, 3.63) is 106 Å². The Labute approximate surface area is 265 Å². The third kappa shape index (κ3) is 9.70. The summed E-state index contributed by atoms with van der Waals surface area (Å²) in [4.78, 5) is 61.3. The number of rotatable bonds is 9. The Bertz CT molecular complexity index is 1450. The zero-order valence-corrected chi connectivity index (χ0v) is 25.8. The lowest BCUT2D eigenvalue weighted by Gasteiger charge is -2.35. The van der Waals surface area contributed by atoms with E-state index in [4.69, 9.17) is 14.2 Å². The number of methoxy groups -OCH3 is 1. The first-order valence-electron chi connectivity index (χ1n) is 14.3. The highest BCUT2D eigenvalue weighted by atomic mass is 19.1. The summed E-state index contributed by atoms with van der Waals surface area (Å²) in [6.45, 7) is 5.21. The normalized spacial score (nSPS) is 17.3. The summed E-state index contributed by atoms with van der Waals surface area (Å²) in [6.07, 6.45) is -3.55. The number of carbonyl (C=O) groups excluding carboxylic acids is 3. The SMILES string of the molecule is COC(=O)[C@H]1CN(C)CC[C@H]1c1ccc(F)cc1.Cc1ccc(C(=O)O[C@H](C(=O)O)[C@H](OC(=O)c2ccc(C)cc2)C(=O)O)cc1. The molecule has 2 N–H and O–H groups in total. The van der Waals surface area contributed by atoms with E-state index in [1.807, 2.05) is 7.05 Å². The van der Waals surface area contributed by atoms with Crippen LogP contribution in [0.15, 0.2) is 72.8 Å². The van der Waals surface area contributed by atoms with Crippen molar-refractivity contribution in [1.29, 1.82) is 0 Å². The highest BCUT2D eigenvalue weighted by Crippen LogP contribution is 2.33. The molecule has 3 aromatic carbocycles. The molecule has 1 aliphatic rings. The number of aliphatic carboxylic acids is 2. The quantitative estimate of drug-likeness (QED) is 0.255. The first-order valence-corrected chi connectivity index (χ1v) is 14.3. The summed E-state index contributed by atoms with van der Waals surface area (Å²) in [5.41, 5.74) is 2.81. The standard InChI is InChI=1S/C20H18O8.C14H18FNO2/c1-11-3-7-13(8-4-11)19(25)27-15(17(21)22)16(18(23)24)28-20(26)14-9-5-12(2)6-10-14;1-16-8-7-12(13(9-16)14(17)18-2)10-3-5-11(15)6-4-10/h3-10,15-16H,1-2H3,(H,21,22)(H,23,24);3-6,12-13H,7-9H2,1-2H3/t15-,16-;12-,13-/m00/s1. The second kappa shape index (κ2) is 16.3. The number of aryl methyl sites for hydroxylation is 2. The van der Waals surface area contributed by atoms with E-state index >= 15 is 0 Å². The maximum absolute atomic E-state index is 12.9. The number of hydrogen-bond acceptors (Lipinski definition) is 9. The van der Waals surface area contributed by atoms with Gasteiger partial charge in [-0.25, -0.2) is 23.6 Å². The molecular formula is C34H36FNO10. The van der Waals surface area contributed by atoms with Crippen LogP contribution in [0.25, 0.3) is 0 Å². The molecule has 0 bridgehead atoms. The van der Waals surface area contributed by atoms with Gasteiger partial charge >= 0.3 is 29.8 Å². The van der Waals surface area contributed by atoms with Crippen LogP contribution in [0.1, 0.15) is 49.7 Å². The molecule has 0 spiro atoms. The van der Waals surface area contributed by atoms with Gasteiger partial charge in [-0.1, -0.05) is 47.5 Å². The number of likely N-dealkylation sites (tertiary alicyclic amines) is 1. The lowest BCUT2D eigenvalue weighted by atomic mass is 9.80. The molecule has 12 heteroatoms. The van der Waals surface area contributed by atoms with Crippen LogP contribution in [-0.2, 0) is 28.6 Å². The maximum atomic E-state index is 12.9. The molecule has 1 aliphatic heterocycles. The van der Waals surface area contributed by atoms with Crippen LogP contribution in [0.5, 0.6) is 0 Å². The molecule has 0 aliphatic carbocycles. The fourth-order valence-corrected chi connectivity index (χ4v) is 4.84. The van der Waals surface area contributed by atoms with Crippen LogP contribution in [0, 0.1) is 25.6 Å². The van der Waals surface area contributed by atoms with Crippen LogP contribution in [0.3, 0.4) is 0 Å². The molecule has 3 aromatic rings. The molecule has 11 nitrogen and oxygen atoms in total. The molecule has 0 unspecified atom stereocenters. The van der Waals surface area contributed by atoms with Gasteiger partial charge in [0.05, 0.1) is 24.2 Å². The molecule has 4 rings (SSSR count). The average molecular weight is 638 g/mol. The molecule has 244 valence electrons. The number of carbonyl (C=O) groups is 5. The Morgan fingerprint density at radius 3 is 1.59 bits per heavy atom. The van der Waals surface area contributed by atoms with Crippen molar-refractivity contribution >= 4 is 29.8 Å². The van der Waals surface area contributed by atoms with Crippen LogP contribution in [0.4, 0.5) is 4.39 Å². The van der Waals surface area contributed by atoms with E-state index in [2.05, 4.69) is 4.90 Å². The number of carboxylic acid groups (broad SMARTS) is 2. The summed E-state index contributed by atoms with van der Waals surface area (Å²) in [7, 11) is 3.41. The minimum Gasteiger partial charge on any atom is -0.478 e. The van der Waals surface area contributed by atoms with E-state index in [0.717, 1.165) is 29.7 Å². The van der Waals surface area contributed by atoms with Crippen LogP contribution in [0.2, 0.25) is 0 Å². The molecule has 0 aromatic heterocycles. The third-order valence-corrected chi connectivity index (χ3v) is 7.42. The Balaban J connectivity index is 0.000000275. The Kier molecular flexibility index (Phi) is 12.5. The van der Waals surface area contributed by atoms with Gasteiger partial charge in [0.1, 0.15) is 5.82 Å². The Morgan fingerprint density at radius 2 is 1.20 bits per heavy atom. The molecule has 1 heterocycles. The summed E-state index contributed by atoms with van der Waals surface area (Å²) < 4.78 is 27.5. The lowest BCUT2D eigenvalue weighted by molar-refractivity contribution is -0.166. The van der Waals surface area contributed by atoms with Crippen molar-refractivity contribution in [2.24, 2.45) is 5.92 Å². The topological polar surface area (TPSA) is 157 Å². The molecule has 0 radical (unpaired) electrons. The van der Waals surface area contributed by atoms with Crippen molar-refractivity contribution in [3.63, 3.8) is 0 Å². The smallest absolute Gasteiger partial charge is 0.349 e. The van der Waals surface area contributed by atoms with E-state index in [1.54, 1.807) is 50.2 Å². The lowest BCUT2D eigenvalue weighted by Crippen LogP contribution is -2.45. The first kappa shape index (κ1) is 35.4.